The zero-order valence-corrected chi connectivity index (χ0v) is 11.7. The highest BCUT2D eigenvalue weighted by Gasteiger charge is 2.41. The van der Waals surface area contributed by atoms with E-state index in [1.165, 1.54) is 11.1 Å². The van der Waals surface area contributed by atoms with Gasteiger partial charge in [-0.15, -0.1) is 0 Å². The third-order valence-corrected chi connectivity index (χ3v) is 4.46. The van der Waals surface area contributed by atoms with Crippen molar-refractivity contribution in [1.29, 1.82) is 0 Å². The molecule has 1 fully saturated rings. The van der Waals surface area contributed by atoms with Gasteiger partial charge in [0.05, 0.1) is 18.8 Å². The van der Waals surface area contributed by atoms with Gasteiger partial charge in [-0.05, 0) is 16.7 Å². The van der Waals surface area contributed by atoms with Gasteiger partial charge in [0.15, 0.2) is 6.29 Å². The Morgan fingerprint density at radius 1 is 1.00 bits per heavy atom. The van der Waals surface area contributed by atoms with Crippen LogP contribution in [-0.4, -0.2) is 18.0 Å². The second-order valence-electron chi connectivity index (χ2n) is 5.74. The first kappa shape index (κ1) is 13.0. The lowest BCUT2D eigenvalue weighted by atomic mass is 9.83. The molecule has 0 saturated carbocycles. The summed E-state index contributed by atoms with van der Waals surface area (Å²) in [5.74, 6) is -0.0786. The molecular weight excluding hydrogens is 264 g/mol. The molecule has 21 heavy (non-hydrogen) atoms. The first-order chi connectivity index (χ1) is 10.3. The van der Waals surface area contributed by atoms with Gasteiger partial charge in [-0.2, -0.15) is 0 Å². The van der Waals surface area contributed by atoms with Crippen LogP contribution < -0.4 is 0 Å². The summed E-state index contributed by atoms with van der Waals surface area (Å²) in [4.78, 5) is 0. The molecule has 2 aliphatic heterocycles. The summed E-state index contributed by atoms with van der Waals surface area (Å²) in [6.45, 7) is 0.528. The summed E-state index contributed by atoms with van der Waals surface area (Å²) in [5, 5.41) is 10.7. The highest BCUT2D eigenvalue weighted by atomic mass is 16.7. The van der Waals surface area contributed by atoms with E-state index in [2.05, 4.69) is 12.1 Å². The van der Waals surface area contributed by atoms with Crippen molar-refractivity contribution >= 4 is 0 Å². The number of hydrogen-bond donors (Lipinski definition) is 1. The predicted molar refractivity (Wildman–Crippen MR) is 78.6 cm³/mol. The Kier molecular flexibility index (Phi) is 3.26. The van der Waals surface area contributed by atoms with E-state index < -0.39 is 6.10 Å². The summed E-state index contributed by atoms with van der Waals surface area (Å²) in [7, 11) is 0. The fourth-order valence-electron chi connectivity index (χ4n) is 3.35. The second kappa shape index (κ2) is 5.26. The highest BCUT2D eigenvalue weighted by Crippen LogP contribution is 2.44. The Balaban J connectivity index is 1.69. The third-order valence-electron chi connectivity index (χ3n) is 4.46. The lowest BCUT2D eigenvalue weighted by Gasteiger charge is -2.43. The molecule has 0 radical (unpaired) electrons. The van der Waals surface area contributed by atoms with Crippen LogP contribution in [-0.2, 0) is 15.9 Å². The van der Waals surface area contributed by atoms with Crippen molar-refractivity contribution in [2.75, 3.05) is 6.61 Å². The molecule has 4 atom stereocenters. The molecule has 0 unspecified atom stereocenters. The van der Waals surface area contributed by atoms with E-state index in [1.54, 1.807) is 0 Å². The van der Waals surface area contributed by atoms with Crippen LogP contribution >= 0.6 is 0 Å². The van der Waals surface area contributed by atoms with E-state index in [0.29, 0.717) is 6.61 Å². The van der Waals surface area contributed by atoms with Gasteiger partial charge in [0.2, 0.25) is 0 Å². The zero-order chi connectivity index (χ0) is 14.2. The average molecular weight is 282 g/mol. The number of ether oxygens (including phenoxy) is 2. The van der Waals surface area contributed by atoms with Crippen molar-refractivity contribution < 1.29 is 14.6 Å². The van der Waals surface area contributed by atoms with E-state index in [4.69, 9.17) is 9.47 Å². The number of aliphatic hydroxyl groups excluding tert-OH is 1. The average Bonchev–Trinajstić information content (AvgIpc) is 2.55. The molecule has 1 N–H and O–H groups in total. The number of hydrogen-bond acceptors (Lipinski definition) is 3. The maximum atomic E-state index is 10.7. The number of fused-ring (bicyclic) bond motifs is 4. The zero-order valence-electron chi connectivity index (χ0n) is 11.7. The summed E-state index contributed by atoms with van der Waals surface area (Å²) >= 11 is 0. The Morgan fingerprint density at radius 3 is 2.62 bits per heavy atom. The van der Waals surface area contributed by atoms with Crippen LogP contribution in [0.4, 0.5) is 0 Å². The molecule has 1 saturated heterocycles. The topological polar surface area (TPSA) is 38.7 Å². The van der Waals surface area contributed by atoms with Crippen molar-refractivity contribution in [2.45, 2.75) is 24.9 Å². The quantitative estimate of drug-likeness (QED) is 0.920. The van der Waals surface area contributed by atoms with Gasteiger partial charge in [0.1, 0.15) is 0 Å². The van der Waals surface area contributed by atoms with Crippen LogP contribution in [0.1, 0.15) is 28.9 Å². The van der Waals surface area contributed by atoms with Crippen molar-refractivity contribution in [3.63, 3.8) is 0 Å². The molecule has 2 aromatic carbocycles. The lowest BCUT2D eigenvalue weighted by Crippen LogP contribution is -2.42. The van der Waals surface area contributed by atoms with E-state index in [1.807, 2.05) is 42.5 Å². The van der Waals surface area contributed by atoms with Gasteiger partial charge in [-0.25, -0.2) is 0 Å². The van der Waals surface area contributed by atoms with Crippen molar-refractivity contribution in [3.8, 4) is 0 Å². The number of rotatable bonds is 2. The van der Waals surface area contributed by atoms with Gasteiger partial charge >= 0.3 is 0 Å². The minimum Gasteiger partial charge on any atom is -0.388 e. The first-order valence-electron chi connectivity index (χ1n) is 7.41. The molecular formula is C18H18O3. The molecule has 0 amide bonds. The Hall–Kier alpha value is -1.68. The standard InChI is InChI=1S/C18H18O3/c19-17(12-6-2-1-3-7-12)15-11-20-16-10-13-8-4-5-9-14(13)18(15)21-16/h1-9,15-19H,10-11H2/t15-,16+,17+,18-/m0/s1. The fraction of sp³-hybridized carbons (Fsp3) is 0.333. The van der Waals surface area contributed by atoms with E-state index in [0.717, 1.165) is 12.0 Å². The molecule has 0 aromatic heterocycles. The van der Waals surface area contributed by atoms with Crippen molar-refractivity contribution in [2.24, 2.45) is 5.92 Å². The summed E-state index contributed by atoms with van der Waals surface area (Å²) in [6, 6.07) is 18.0. The van der Waals surface area contributed by atoms with Gasteiger partial charge in [-0.1, -0.05) is 54.6 Å². The molecule has 0 spiro atoms. The summed E-state index contributed by atoms with van der Waals surface area (Å²) in [6.07, 6.45) is -0.0581. The van der Waals surface area contributed by atoms with Gasteiger partial charge in [0.25, 0.3) is 0 Å². The monoisotopic (exact) mass is 282 g/mol. The maximum absolute atomic E-state index is 10.7. The number of aliphatic hydroxyl groups is 1. The van der Waals surface area contributed by atoms with Crippen LogP contribution in [0.5, 0.6) is 0 Å². The van der Waals surface area contributed by atoms with Gasteiger partial charge < -0.3 is 14.6 Å². The molecule has 2 bridgehead atoms. The van der Waals surface area contributed by atoms with Crippen molar-refractivity contribution in [1.82, 2.24) is 0 Å². The van der Waals surface area contributed by atoms with Crippen LogP contribution in [0.2, 0.25) is 0 Å². The normalized spacial score (nSPS) is 28.7. The first-order valence-corrected chi connectivity index (χ1v) is 7.41. The molecule has 4 rings (SSSR count). The smallest absolute Gasteiger partial charge is 0.162 e. The molecule has 2 heterocycles. The largest absolute Gasteiger partial charge is 0.388 e. The predicted octanol–water partition coefficient (Wildman–Crippen LogP) is 3.01. The Bertz CT molecular complexity index is 625. The molecule has 108 valence electrons. The Labute approximate surface area is 124 Å². The maximum Gasteiger partial charge on any atom is 0.162 e. The fourth-order valence-corrected chi connectivity index (χ4v) is 3.35. The van der Waals surface area contributed by atoms with Gasteiger partial charge in [0, 0.05) is 12.3 Å². The summed E-state index contributed by atoms with van der Waals surface area (Å²) in [5.41, 5.74) is 3.37. The lowest BCUT2D eigenvalue weighted by molar-refractivity contribution is -0.259. The number of benzene rings is 2. The van der Waals surface area contributed by atoms with Crippen LogP contribution in [0.3, 0.4) is 0 Å². The molecule has 0 aliphatic carbocycles. The SMILES string of the molecule is O[C@H](c1ccccc1)[C@@H]1CO[C@H]2Cc3ccccc3[C@@H]1O2. The second-order valence-corrected chi connectivity index (χ2v) is 5.74. The summed E-state index contributed by atoms with van der Waals surface area (Å²) < 4.78 is 11.8. The van der Waals surface area contributed by atoms with Crippen LogP contribution in [0, 0.1) is 5.92 Å². The van der Waals surface area contributed by atoms with Crippen molar-refractivity contribution in [3.05, 3.63) is 71.3 Å². The molecule has 3 heteroatoms. The van der Waals surface area contributed by atoms with E-state index in [9.17, 15) is 5.11 Å². The van der Waals surface area contributed by atoms with Crippen LogP contribution in [0.25, 0.3) is 0 Å². The molecule has 3 nitrogen and oxygen atoms in total. The molecule has 2 aliphatic rings. The third kappa shape index (κ3) is 2.27. The van der Waals surface area contributed by atoms with E-state index in [-0.39, 0.29) is 18.3 Å². The molecule has 2 aromatic rings. The highest BCUT2D eigenvalue weighted by molar-refractivity contribution is 5.33. The minimum absolute atomic E-state index is 0.0786. The van der Waals surface area contributed by atoms with Crippen LogP contribution in [0.15, 0.2) is 54.6 Å². The van der Waals surface area contributed by atoms with E-state index >= 15 is 0 Å². The minimum atomic E-state index is -0.580. The Morgan fingerprint density at radius 2 is 1.76 bits per heavy atom. The van der Waals surface area contributed by atoms with Gasteiger partial charge in [-0.3, -0.25) is 0 Å².